The molecule has 0 atom stereocenters. The van der Waals surface area contributed by atoms with Crippen LogP contribution in [-0.2, 0) is 11.3 Å². The molecule has 0 aromatic carbocycles. The van der Waals surface area contributed by atoms with Gasteiger partial charge in [-0.2, -0.15) is 0 Å². The Balaban J connectivity index is 2.15. The number of nitrogens with zero attached hydrogens (tertiary/aromatic N) is 2. The van der Waals surface area contributed by atoms with E-state index in [0.717, 1.165) is 19.0 Å². The van der Waals surface area contributed by atoms with Crippen LogP contribution in [0.2, 0.25) is 0 Å². The molecular weight excluding hydrogens is 266 g/mol. The van der Waals surface area contributed by atoms with Gasteiger partial charge in [0.15, 0.2) is 5.96 Å². The van der Waals surface area contributed by atoms with E-state index in [9.17, 15) is 4.79 Å². The molecule has 6 heteroatoms. The van der Waals surface area contributed by atoms with Crippen LogP contribution < -0.4 is 16.0 Å². The van der Waals surface area contributed by atoms with E-state index in [2.05, 4.69) is 25.5 Å². The van der Waals surface area contributed by atoms with E-state index in [1.807, 2.05) is 45.3 Å². The molecule has 0 radical (unpaired) electrons. The van der Waals surface area contributed by atoms with Gasteiger partial charge >= 0.3 is 0 Å². The van der Waals surface area contributed by atoms with Gasteiger partial charge in [0.2, 0.25) is 5.91 Å². The summed E-state index contributed by atoms with van der Waals surface area (Å²) in [7, 11) is 1.73. The molecule has 0 aliphatic rings. The molecule has 0 spiro atoms. The summed E-state index contributed by atoms with van der Waals surface area (Å²) in [6.07, 6.45) is 4.06. The van der Waals surface area contributed by atoms with Gasteiger partial charge in [0.25, 0.3) is 0 Å². The van der Waals surface area contributed by atoms with Crippen molar-refractivity contribution < 1.29 is 4.79 Å². The summed E-state index contributed by atoms with van der Waals surface area (Å²) in [5, 5.41) is 9.29. The third-order valence-electron chi connectivity index (χ3n) is 2.94. The Labute approximate surface area is 127 Å². The topological polar surface area (TPSA) is 70.4 Å². The summed E-state index contributed by atoms with van der Waals surface area (Å²) in [5.41, 5.74) is -0.351. The molecule has 0 aliphatic carbocycles. The molecule has 1 heterocycles. The van der Waals surface area contributed by atoms with E-state index >= 15 is 0 Å². The fourth-order valence-electron chi connectivity index (χ4n) is 1.67. The zero-order chi connectivity index (χ0) is 15.7. The van der Waals surface area contributed by atoms with E-state index in [0.29, 0.717) is 13.1 Å². The molecule has 118 valence electrons. The number of carbonyl (C=O) groups excluding carboxylic acids is 1. The zero-order valence-corrected chi connectivity index (χ0v) is 13.4. The number of amides is 1. The lowest BCUT2D eigenvalue weighted by Gasteiger charge is -2.18. The number of rotatable bonds is 6. The molecule has 0 saturated carbocycles. The maximum atomic E-state index is 11.7. The quantitative estimate of drug-likeness (QED) is 0.413. The van der Waals surface area contributed by atoms with Crippen molar-refractivity contribution >= 4 is 11.9 Å². The third-order valence-corrected chi connectivity index (χ3v) is 2.94. The number of carbonyl (C=O) groups is 1. The SMILES string of the molecule is CN=C(NCCNC(=O)C(C)(C)C)NCCn1cccc1. The van der Waals surface area contributed by atoms with Crippen LogP contribution in [-0.4, -0.2) is 43.1 Å². The van der Waals surface area contributed by atoms with Gasteiger partial charge in [-0.3, -0.25) is 9.79 Å². The Hall–Kier alpha value is -1.98. The van der Waals surface area contributed by atoms with Crippen LogP contribution in [0.25, 0.3) is 0 Å². The van der Waals surface area contributed by atoms with Gasteiger partial charge in [0, 0.05) is 51.0 Å². The van der Waals surface area contributed by atoms with E-state index in [1.54, 1.807) is 7.05 Å². The van der Waals surface area contributed by atoms with Crippen LogP contribution in [0.15, 0.2) is 29.5 Å². The Morgan fingerprint density at radius 1 is 1.05 bits per heavy atom. The van der Waals surface area contributed by atoms with E-state index < -0.39 is 0 Å². The number of hydrogen-bond donors (Lipinski definition) is 3. The Bertz CT molecular complexity index is 445. The molecule has 0 fully saturated rings. The second-order valence-corrected chi connectivity index (χ2v) is 5.85. The van der Waals surface area contributed by atoms with Crippen LogP contribution in [0.1, 0.15) is 20.8 Å². The number of aromatic nitrogens is 1. The molecule has 1 amide bonds. The van der Waals surface area contributed by atoms with Crippen LogP contribution in [0.3, 0.4) is 0 Å². The lowest BCUT2D eigenvalue weighted by molar-refractivity contribution is -0.128. The van der Waals surface area contributed by atoms with Gasteiger partial charge in [-0.15, -0.1) is 0 Å². The average Bonchev–Trinajstić information content (AvgIpc) is 2.93. The number of guanidine groups is 1. The summed E-state index contributed by atoms with van der Waals surface area (Å²) < 4.78 is 2.10. The molecule has 0 aliphatic heterocycles. The maximum Gasteiger partial charge on any atom is 0.225 e. The van der Waals surface area contributed by atoms with Gasteiger partial charge in [-0.1, -0.05) is 20.8 Å². The molecule has 1 aromatic rings. The lowest BCUT2D eigenvalue weighted by Crippen LogP contribution is -2.44. The average molecular weight is 293 g/mol. The molecule has 0 bridgehead atoms. The van der Waals surface area contributed by atoms with Crippen LogP contribution in [0, 0.1) is 5.41 Å². The molecular formula is C15H27N5O. The van der Waals surface area contributed by atoms with E-state index in [-0.39, 0.29) is 11.3 Å². The maximum absolute atomic E-state index is 11.7. The molecule has 0 saturated heterocycles. The lowest BCUT2D eigenvalue weighted by atomic mass is 9.96. The molecule has 1 rings (SSSR count). The second kappa shape index (κ2) is 8.34. The highest BCUT2D eigenvalue weighted by molar-refractivity contribution is 5.81. The predicted octanol–water partition coefficient (Wildman–Crippen LogP) is 0.815. The van der Waals surface area contributed by atoms with Crippen molar-refractivity contribution in [3.8, 4) is 0 Å². The van der Waals surface area contributed by atoms with Crippen molar-refractivity contribution in [2.75, 3.05) is 26.7 Å². The van der Waals surface area contributed by atoms with Gasteiger partial charge in [0.05, 0.1) is 0 Å². The molecule has 0 unspecified atom stereocenters. The van der Waals surface area contributed by atoms with Crippen LogP contribution in [0.4, 0.5) is 0 Å². The minimum atomic E-state index is -0.351. The normalized spacial score (nSPS) is 12.1. The van der Waals surface area contributed by atoms with E-state index in [4.69, 9.17) is 0 Å². The smallest absolute Gasteiger partial charge is 0.225 e. The highest BCUT2D eigenvalue weighted by Crippen LogP contribution is 2.11. The Kier molecular flexibility index (Phi) is 6.78. The van der Waals surface area contributed by atoms with Crippen molar-refractivity contribution in [2.45, 2.75) is 27.3 Å². The van der Waals surface area contributed by atoms with E-state index in [1.165, 1.54) is 0 Å². The molecule has 1 aromatic heterocycles. The van der Waals surface area contributed by atoms with Gasteiger partial charge in [-0.05, 0) is 12.1 Å². The van der Waals surface area contributed by atoms with Crippen molar-refractivity contribution in [3.63, 3.8) is 0 Å². The Morgan fingerprint density at radius 2 is 1.62 bits per heavy atom. The standard InChI is InChI=1S/C15H27N5O/c1-15(2,3)13(21)17-7-8-18-14(16-4)19-9-12-20-10-5-6-11-20/h5-6,10-11H,7-9,12H2,1-4H3,(H,17,21)(H2,16,18,19). The van der Waals surface area contributed by atoms with Gasteiger partial charge < -0.3 is 20.5 Å². The highest BCUT2D eigenvalue weighted by Gasteiger charge is 2.20. The monoisotopic (exact) mass is 293 g/mol. The predicted molar refractivity (Wildman–Crippen MR) is 86.3 cm³/mol. The van der Waals surface area contributed by atoms with Crippen LogP contribution in [0.5, 0.6) is 0 Å². The summed E-state index contributed by atoms with van der Waals surface area (Å²) in [6.45, 7) is 8.60. The van der Waals surface area contributed by atoms with Crippen molar-refractivity contribution in [1.29, 1.82) is 0 Å². The third kappa shape index (κ3) is 6.83. The zero-order valence-electron chi connectivity index (χ0n) is 13.4. The summed E-state index contributed by atoms with van der Waals surface area (Å²) in [5.74, 6) is 0.798. The van der Waals surface area contributed by atoms with Gasteiger partial charge in [-0.25, -0.2) is 0 Å². The molecule has 6 nitrogen and oxygen atoms in total. The summed E-state index contributed by atoms with van der Waals surface area (Å²) in [6, 6.07) is 4.01. The van der Waals surface area contributed by atoms with Crippen LogP contribution >= 0.6 is 0 Å². The van der Waals surface area contributed by atoms with Gasteiger partial charge in [0.1, 0.15) is 0 Å². The summed E-state index contributed by atoms with van der Waals surface area (Å²) >= 11 is 0. The minimum absolute atomic E-state index is 0.0554. The van der Waals surface area contributed by atoms with Crippen molar-refractivity contribution in [3.05, 3.63) is 24.5 Å². The number of aliphatic imine (C=N–C) groups is 1. The minimum Gasteiger partial charge on any atom is -0.355 e. The first-order chi connectivity index (χ1) is 9.93. The summed E-state index contributed by atoms with van der Waals surface area (Å²) in [4.78, 5) is 15.8. The van der Waals surface area contributed by atoms with Crippen molar-refractivity contribution in [2.24, 2.45) is 10.4 Å². The first-order valence-corrected chi connectivity index (χ1v) is 7.27. The molecule has 3 N–H and O–H groups in total. The Morgan fingerprint density at radius 3 is 2.19 bits per heavy atom. The fraction of sp³-hybridized carbons (Fsp3) is 0.600. The largest absolute Gasteiger partial charge is 0.355 e. The first-order valence-electron chi connectivity index (χ1n) is 7.27. The fourth-order valence-corrected chi connectivity index (χ4v) is 1.67. The number of nitrogens with one attached hydrogen (secondary N) is 3. The first kappa shape index (κ1) is 17.1. The molecule has 21 heavy (non-hydrogen) atoms. The van der Waals surface area contributed by atoms with Crippen molar-refractivity contribution in [1.82, 2.24) is 20.5 Å². The number of hydrogen-bond acceptors (Lipinski definition) is 2. The second-order valence-electron chi connectivity index (χ2n) is 5.85. The highest BCUT2D eigenvalue weighted by atomic mass is 16.2.